The van der Waals surface area contributed by atoms with Crippen LogP contribution in [0.1, 0.15) is 55.1 Å². The van der Waals surface area contributed by atoms with Crippen molar-refractivity contribution < 1.29 is 37.4 Å². The second-order valence-electron chi connectivity index (χ2n) is 13.2. The molecule has 0 aromatic heterocycles. The molecule has 7 nitrogen and oxygen atoms in total. The molecule has 0 aliphatic carbocycles. The van der Waals surface area contributed by atoms with Crippen molar-refractivity contribution in [3.63, 3.8) is 0 Å². The molecule has 0 spiro atoms. The fourth-order valence-corrected chi connectivity index (χ4v) is 6.01. The number of benzene rings is 4. The van der Waals surface area contributed by atoms with E-state index in [0.717, 1.165) is 28.8 Å². The van der Waals surface area contributed by atoms with Crippen LogP contribution in [0.2, 0.25) is 0 Å². The molecule has 0 radical (unpaired) electrons. The van der Waals surface area contributed by atoms with E-state index in [1.807, 2.05) is 54.6 Å². The summed E-state index contributed by atoms with van der Waals surface area (Å²) in [5.41, 5.74) is 2.55. The van der Waals surface area contributed by atoms with Crippen molar-refractivity contribution in [2.24, 2.45) is 0 Å². The third kappa shape index (κ3) is 8.87. The van der Waals surface area contributed by atoms with Crippen molar-refractivity contribution in [2.75, 3.05) is 13.1 Å². The third-order valence-corrected chi connectivity index (χ3v) is 8.50. The van der Waals surface area contributed by atoms with Gasteiger partial charge in [-0.2, -0.15) is 13.2 Å². The van der Waals surface area contributed by atoms with Gasteiger partial charge in [0.2, 0.25) is 0 Å². The quantitative estimate of drug-likeness (QED) is 0.193. The van der Waals surface area contributed by atoms with Gasteiger partial charge in [0, 0.05) is 25.1 Å². The molecule has 0 bridgehead atoms. The maximum Gasteiger partial charge on any atom is 0.416 e. The van der Waals surface area contributed by atoms with Gasteiger partial charge in [-0.1, -0.05) is 78.9 Å². The predicted octanol–water partition coefficient (Wildman–Crippen LogP) is 8.58. The smallest absolute Gasteiger partial charge is 0.416 e. The Morgan fingerprint density at radius 1 is 0.816 bits per heavy atom. The minimum Gasteiger partial charge on any atom is -0.480 e. The number of aliphatic carboxylic acids is 1. The molecule has 1 N–H and O–H groups in total. The van der Waals surface area contributed by atoms with Gasteiger partial charge in [0.15, 0.2) is 0 Å². The first-order valence-corrected chi connectivity index (χ1v) is 16.1. The number of likely N-dealkylation sites (tertiary alicyclic amines) is 1. The summed E-state index contributed by atoms with van der Waals surface area (Å²) < 4.78 is 44.8. The first kappa shape index (κ1) is 35.2. The number of amides is 2. The van der Waals surface area contributed by atoms with Crippen molar-refractivity contribution in [1.82, 2.24) is 9.80 Å². The average Bonchev–Trinajstić information content (AvgIpc) is 3.54. The summed E-state index contributed by atoms with van der Waals surface area (Å²) in [4.78, 5) is 43.1. The van der Waals surface area contributed by atoms with Gasteiger partial charge in [-0.15, -0.1) is 0 Å². The van der Waals surface area contributed by atoms with E-state index < -0.39 is 47.4 Å². The van der Waals surface area contributed by atoms with Crippen LogP contribution in [0.15, 0.2) is 103 Å². The van der Waals surface area contributed by atoms with E-state index in [1.165, 1.54) is 29.2 Å². The standard InChI is InChI=1S/C39H39F3N2O5/c1-38(2,3)49-37(48)43-23-7-10-33(43)25-44(34(36(46)47)24-26-11-13-28(14-12-26)27-8-5-4-6-9-27)35(45)31-17-15-29(16-18-31)30-19-21-32(22-20-30)39(40,41)42/h4-6,8-9,11-22,33-34H,7,10,23-25H2,1-3H3,(H,46,47)/t33-,34+/m1/s1. The van der Waals surface area contributed by atoms with Crippen LogP contribution < -0.4 is 0 Å². The van der Waals surface area contributed by atoms with E-state index in [2.05, 4.69) is 0 Å². The summed E-state index contributed by atoms with van der Waals surface area (Å²) in [6.45, 7) is 5.69. The summed E-state index contributed by atoms with van der Waals surface area (Å²) in [6, 6.07) is 26.6. The Hall–Kier alpha value is -5.12. The summed E-state index contributed by atoms with van der Waals surface area (Å²) in [6.07, 6.45) is -3.72. The topological polar surface area (TPSA) is 87.2 Å². The van der Waals surface area contributed by atoms with Gasteiger partial charge in [-0.25, -0.2) is 9.59 Å². The molecular weight excluding hydrogens is 633 g/mol. The second-order valence-corrected chi connectivity index (χ2v) is 13.2. The van der Waals surface area contributed by atoms with E-state index in [1.54, 1.807) is 37.8 Å². The van der Waals surface area contributed by atoms with Crippen molar-refractivity contribution in [1.29, 1.82) is 0 Å². The van der Waals surface area contributed by atoms with Crippen molar-refractivity contribution in [3.05, 3.63) is 120 Å². The highest BCUT2D eigenvalue weighted by atomic mass is 19.4. The number of hydrogen-bond acceptors (Lipinski definition) is 4. The van der Waals surface area contributed by atoms with Crippen molar-refractivity contribution >= 4 is 18.0 Å². The lowest BCUT2D eigenvalue weighted by atomic mass is 9.98. The van der Waals surface area contributed by atoms with Crippen LogP contribution >= 0.6 is 0 Å². The van der Waals surface area contributed by atoms with E-state index >= 15 is 0 Å². The lowest BCUT2D eigenvalue weighted by molar-refractivity contribution is -0.142. The van der Waals surface area contributed by atoms with E-state index in [0.29, 0.717) is 30.5 Å². The summed E-state index contributed by atoms with van der Waals surface area (Å²) in [5, 5.41) is 10.5. The normalized spacial score (nSPS) is 15.5. The zero-order valence-corrected chi connectivity index (χ0v) is 27.6. The number of carbonyl (C=O) groups excluding carboxylic acids is 2. The van der Waals surface area contributed by atoms with Gasteiger partial charge >= 0.3 is 18.2 Å². The average molecular weight is 673 g/mol. The second kappa shape index (κ2) is 14.6. The molecular formula is C39H39F3N2O5. The highest BCUT2D eigenvalue weighted by molar-refractivity contribution is 5.97. The van der Waals surface area contributed by atoms with E-state index in [-0.39, 0.29) is 18.5 Å². The molecule has 5 rings (SSSR count). The Balaban J connectivity index is 1.43. The molecule has 0 saturated carbocycles. The summed E-state index contributed by atoms with van der Waals surface area (Å²) in [5.74, 6) is -1.73. The number of rotatable bonds is 9. The van der Waals surface area contributed by atoms with Gasteiger partial charge in [0.05, 0.1) is 11.6 Å². The molecule has 4 aromatic rings. The monoisotopic (exact) mass is 672 g/mol. The number of carboxylic acids is 1. The molecule has 10 heteroatoms. The van der Waals surface area contributed by atoms with Crippen LogP contribution in [-0.4, -0.2) is 63.7 Å². The molecule has 0 unspecified atom stereocenters. The minimum absolute atomic E-state index is 0.0267. The van der Waals surface area contributed by atoms with Crippen LogP contribution in [0.4, 0.5) is 18.0 Å². The molecule has 1 fully saturated rings. The maximum atomic E-state index is 14.2. The summed E-state index contributed by atoms with van der Waals surface area (Å²) >= 11 is 0. The number of hydrogen-bond donors (Lipinski definition) is 1. The number of ether oxygens (including phenoxy) is 1. The van der Waals surface area contributed by atoms with Gasteiger partial charge in [0.1, 0.15) is 11.6 Å². The maximum absolute atomic E-state index is 14.2. The fraction of sp³-hybridized carbons (Fsp3) is 0.308. The Bertz CT molecular complexity index is 1750. The van der Waals surface area contributed by atoms with Gasteiger partial charge in [-0.3, -0.25) is 4.79 Å². The van der Waals surface area contributed by atoms with Crippen molar-refractivity contribution in [2.45, 2.75) is 63.9 Å². The largest absolute Gasteiger partial charge is 0.480 e. The van der Waals surface area contributed by atoms with Crippen LogP contribution in [-0.2, 0) is 22.1 Å². The molecule has 4 aromatic carbocycles. The summed E-state index contributed by atoms with van der Waals surface area (Å²) in [7, 11) is 0. The number of carbonyl (C=O) groups is 3. The van der Waals surface area contributed by atoms with Crippen LogP contribution in [0.25, 0.3) is 22.3 Å². The number of alkyl halides is 3. The highest BCUT2D eigenvalue weighted by Crippen LogP contribution is 2.31. The molecule has 49 heavy (non-hydrogen) atoms. The minimum atomic E-state index is -4.46. The number of nitrogens with zero attached hydrogens (tertiary/aromatic N) is 2. The highest BCUT2D eigenvalue weighted by Gasteiger charge is 2.38. The molecule has 1 heterocycles. The van der Waals surface area contributed by atoms with Crippen molar-refractivity contribution in [3.8, 4) is 22.3 Å². The first-order chi connectivity index (χ1) is 23.2. The SMILES string of the molecule is CC(C)(C)OC(=O)N1CCC[C@@H]1CN(C(=O)c1ccc(-c2ccc(C(F)(F)F)cc2)cc1)[C@@H](Cc1ccc(-c2ccccc2)cc1)C(=O)O. The Morgan fingerprint density at radius 2 is 1.35 bits per heavy atom. The predicted molar refractivity (Wildman–Crippen MR) is 181 cm³/mol. The van der Waals surface area contributed by atoms with Crippen LogP contribution in [0.3, 0.4) is 0 Å². The zero-order valence-electron chi connectivity index (χ0n) is 27.6. The lowest BCUT2D eigenvalue weighted by Gasteiger charge is -2.35. The zero-order chi connectivity index (χ0) is 35.3. The first-order valence-electron chi connectivity index (χ1n) is 16.1. The third-order valence-electron chi connectivity index (χ3n) is 8.50. The van der Waals surface area contributed by atoms with Crippen LogP contribution in [0, 0.1) is 0 Å². The molecule has 1 aliphatic heterocycles. The Labute approximate surface area is 283 Å². The van der Waals surface area contributed by atoms with Gasteiger partial charge < -0.3 is 19.6 Å². The Morgan fingerprint density at radius 3 is 1.88 bits per heavy atom. The Kier molecular flexibility index (Phi) is 10.5. The molecule has 1 saturated heterocycles. The molecule has 2 amide bonds. The fourth-order valence-electron chi connectivity index (χ4n) is 6.01. The van der Waals surface area contributed by atoms with E-state index in [9.17, 15) is 32.7 Å². The number of carboxylic acid groups (broad SMARTS) is 1. The number of halogens is 3. The molecule has 256 valence electrons. The van der Waals surface area contributed by atoms with E-state index in [4.69, 9.17) is 4.74 Å². The van der Waals surface area contributed by atoms with Crippen LogP contribution in [0.5, 0.6) is 0 Å². The van der Waals surface area contributed by atoms with Gasteiger partial charge in [0.25, 0.3) is 5.91 Å². The molecule has 2 atom stereocenters. The van der Waals surface area contributed by atoms with Gasteiger partial charge in [-0.05, 0) is 85.7 Å². The lowest BCUT2D eigenvalue weighted by Crippen LogP contribution is -2.53. The molecule has 1 aliphatic rings.